The first-order valence-electron chi connectivity index (χ1n) is 38.8. The summed E-state index contributed by atoms with van der Waals surface area (Å²) >= 11 is 0. The van der Waals surface area contributed by atoms with Gasteiger partial charge in [0.15, 0.2) is 0 Å². The largest absolute Gasteiger partial charge is 0.478 e. The van der Waals surface area contributed by atoms with Gasteiger partial charge in [-0.25, -0.2) is 0 Å². The van der Waals surface area contributed by atoms with E-state index < -0.39 is 70.9 Å². The minimum Gasteiger partial charge on any atom is -0.425 e. The van der Waals surface area contributed by atoms with Crippen LogP contribution < -0.4 is 0 Å². The summed E-state index contributed by atoms with van der Waals surface area (Å²) in [6, 6.07) is 4.86. The molecule has 8 saturated carbocycles. The predicted octanol–water partition coefficient (Wildman–Crippen LogP) is 9.97. The first-order valence-corrected chi connectivity index (χ1v) is 54.9. The molecular weight excluding hydrogens is 1340 g/mol. The molecule has 0 spiro atoms. The maximum Gasteiger partial charge on any atom is 0.478 e. The molecule has 28 atom stereocenters. The Labute approximate surface area is 564 Å². The van der Waals surface area contributed by atoms with Crippen molar-refractivity contribution in [3.8, 4) is 0 Å². The fourth-order valence-corrected chi connectivity index (χ4v) is 71.1. The van der Waals surface area contributed by atoms with Crippen LogP contribution in [0.15, 0.2) is 0 Å². The van der Waals surface area contributed by atoms with Crippen LogP contribution in [0.1, 0.15) is 205 Å². The minimum atomic E-state index is -4.24. The van der Waals surface area contributed by atoms with Crippen LogP contribution in [0.3, 0.4) is 0 Å². The second-order valence-electron chi connectivity index (χ2n) is 34.1. The molecule has 6 bridgehead atoms. The van der Waals surface area contributed by atoms with Crippen LogP contribution in [-0.4, -0.2) is 179 Å². The van der Waals surface area contributed by atoms with Crippen LogP contribution in [0.4, 0.5) is 0 Å². The van der Waals surface area contributed by atoms with Crippen molar-refractivity contribution in [1.82, 2.24) is 0 Å². The molecule has 93 heavy (non-hydrogen) atoms. The summed E-state index contributed by atoms with van der Waals surface area (Å²) in [5.41, 5.74) is 0. The van der Waals surface area contributed by atoms with E-state index in [4.69, 9.17) is 87.3 Å². The number of ether oxygens (including phenoxy) is 8. The van der Waals surface area contributed by atoms with E-state index in [2.05, 4.69) is 0 Å². The van der Waals surface area contributed by atoms with Gasteiger partial charge in [0.05, 0.1) is 97.7 Å². The van der Waals surface area contributed by atoms with E-state index >= 15 is 0 Å². The molecule has 20 aliphatic rings. The summed E-state index contributed by atoms with van der Waals surface area (Å²) in [4.78, 5) is 0. The van der Waals surface area contributed by atoms with Gasteiger partial charge < -0.3 is 87.3 Å². The van der Waals surface area contributed by atoms with Crippen LogP contribution in [0.25, 0.3) is 0 Å². The molecule has 29 heteroatoms. The third-order valence-electron chi connectivity index (χ3n) is 27.5. The topological polar surface area (TPSA) is 211 Å². The Morgan fingerprint density at radius 1 is 0.247 bits per heavy atom. The lowest BCUT2D eigenvalue weighted by Gasteiger charge is -2.60. The lowest BCUT2D eigenvalue weighted by atomic mass is 9.88. The van der Waals surface area contributed by atoms with Gasteiger partial charge >= 0.3 is 70.9 Å². The van der Waals surface area contributed by atoms with Gasteiger partial charge in [-0.15, -0.1) is 0 Å². The van der Waals surface area contributed by atoms with Crippen LogP contribution in [0, 0.1) is 47.3 Å². The van der Waals surface area contributed by atoms with Gasteiger partial charge in [-0.2, -0.15) is 0 Å². The molecule has 8 aliphatic carbocycles. The highest BCUT2D eigenvalue weighted by Crippen LogP contribution is 2.57. The van der Waals surface area contributed by atoms with Crippen LogP contribution in [0.2, 0.25) is 48.4 Å². The predicted molar refractivity (Wildman–Crippen MR) is 354 cm³/mol. The van der Waals surface area contributed by atoms with E-state index in [1.165, 1.54) is 0 Å². The average molecular weight is 1450 g/mol. The van der Waals surface area contributed by atoms with Crippen molar-refractivity contribution >= 4 is 81.4 Å². The summed E-state index contributed by atoms with van der Waals surface area (Å²) in [5, 5.41) is 0. The molecule has 0 aromatic carbocycles. The smallest absolute Gasteiger partial charge is 0.425 e. The van der Waals surface area contributed by atoms with Gasteiger partial charge in [-0.1, -0.05) is 0 Å². The molecule has 0 aromatic heterocycles. The Hall–Kier alpha value is 1.15. The van der Waals surface area contributed by atoms with Crippen molar-refractivity contribution in [3.63, 3.8) is 0 Å². The van der Waals surface area contributed by atoms with Crippen molar-refractivity contribution in [2.45, 2.75) is 351 Å². The zero-order chi connectivity index (χ0) is 61.4. The van der Waals surface area contributed by atoms with E-state index in [1.807, 2.05) is 0 Å². The highest BCUT2D eigenvalue weighted by molar-refractivity contribution is 7.00. The number of hydrogen-bond donors (Lipinski definition) is 0. The number of fused-ring (bicyclic) bond motifs is 12. The number of rotatable bonds is 25. The van der Waals surface area contributed by atoms with Gasteiger partial charge in [0.25, 0.3) is 0 Å². The van der Waals surface area contributed by atoms with Gasteiger partial charge in [0, 0.05) is 42.3 Å². The number of hydrogen-bond acceptors (Lipinski definition) is 20. The molecule has 520 valence electrons. The SMILES string of the molecule is [SiH3]O[Si]1(CCC2CCC3OC3C2)O[Si]2(CCC3CCC4OC4C3)O[Si]3(CCC4CCC5OC5C4)O[SiH](CCC4CCC5OC5C4)O[Si]4(CCC5CCC6OC6C5)O[Si](CCC5CCC6OC6C5)(O1)O[Si](CCC1CCC5OC5C1)(O2)O[Si](CCC1CCC2OC2C1)(O3)O4. The van der Waals surface area contributed by atoms with Crippen LogP contribution >= 0.6 is 0 Å². The molecule has 0 aromatic rings. The van der Waals surface area contributed by atoms with Crippen molar-refractivity contribution in [3.05, 3.63) is 0 Å². The molecule has 0 radical (unpaired) electrons. The Balaban J connectivity index is 0.759. The van der Waals surface area contributed by atoms with E-state index in [1.54, 1.807) is 0 Å². The van der Waals surface area contributed by atoms with Crippen molar-refractivity contribution in [2.75, 3.05) is 0 Å². The minimum absolute atomic E-state index is 0.322. The standard InChI is InChI=1S/C64H108O20Si9/c85-73-87(26-18-42-2-10-50-58(34-42)66-50)76-90(29-21-45-5-13-53-61(37-45)69-53)78-88(27-19-43-3-11-51-59(35-43)67-51)74-86(25-17-41-1-9-49-57(33-41)65-49)75-89(28-20-44-4-12-52-60(36-44)68-52)79-91(77-87,30-22-46-6-14-54-62(38-46)70-54)83-93(82-90,32-24-48-8-16-56-64(40-48)72-56)84-92(80-88,81-89)31-23-47-7-15-55-63(39-47)71-55/h41-64,86H,1-40H2,85H3. The lowest BCUT2D eigenvalue weighted by Crippen LogP contribution is -2.84. The molecule has 0 N–H and O–H groups in total. The second kappa shape index (κ2) is 24.9. The molecule has 12 saturated heterocycles. The maximum absolute atomic E-state index is 8.78. The maximum atomic E-state index is 8.78. The zero-order valence-corrected chi connectivity index (χ0v) is 65.5. The second-order valence-corrected chi connectivity index (χ2v) is 59.4. The Morgan fingerprint density at radius 2 is 0.462 bits per heavy atom. The third kappa shape index (κ3) is 14.0. The molecule has 0 amide bonds. The summed E-state index contributed by atoms with van der Waals surface area (Å²) < 4.78 is 153. The van der Waals surface area contributed by atoms with Crippen LogP contribution in [-0.2, 0) is 87.3 Å². The Kier molecular flexibility index (Phi) is 17.1. The molecule has 20 fully saturated rings. The highest BCUT2D eigenvalue weighted by atomic mass is 28.6. The normalized spacial score (nSPS) is 56.8. The number of epoxide rings is 8. The summed E-state index contributed by atoms with van der Waals surface area (Å²) in [6.45, 7) is 0. The fraction of sp³-hybridized carbons (Fsp3) is 1.00. The fourth-order valence-electron chi connectivity index (χ4n) is 21.3. The van der Waals surface area contributed by atoms with E-state index in [-0.39, 0.29) is 0 Å². The van der Waals surface area contributed by atoms with E-state index in [0.29, 0.717) is 198 Å². The van der Waals surface area contributed by atoms with Crippen molar-refractivity contribution in [2.24, 2.45) is 47.3 Å². The quantitative estimate of drug-likeness (QED) is 0.0614. The molecule has 12 aliphatic heterocycles. The third-order valence-corrected chi connectivity index (χ3v) is 64.4. The van der Waals surface area contributed by atoms with E-state index in [0.717, 1.165) is 212 Å². The Morgan fingerprint density at radius 3 is 0.710 bits per heavy atom. The monoisotopic (exact) mass is 1450 g/mol. The molecule has 20 nitrogen and oxygen atoms in total. The first kappa shape index (κ1) is 63.8. The van der Waals surface area contributed by atoms with Crippen molar-refractivity contribution in [1.29, 1.82) is 0 Å². The lowest BCUT2D eigenvalue weighted by molar-refractivity contribution is -0.00116. The summed E-state index contributed by atoms with van der Waals surface area (Å²) in [6.07, 6.45) is 39.0. The Bertz CT molecular complexity index is 2640. The first-order chi connectivity index (χ1) is 45.4. The summed E-state index contributed by atoms with van der Waals surface area (Å²) in [5.74, 6) is 3.48. The van der Waals surface area contributed by atoms with Gasteiger partial charge in [0.2, 0.25) is 0 Å². The van der Waals surface area contributed by atoms with Gasteiger partial charge in [-0.05, 0) is 259 Å². The van der Waals surface area contributed by atoms with E-state index in [9.17, 15) is 0 Å². The molecule has 20 rings (SSSR count). The molecule has 28 unspecified atom stereocenters. The van der Waals surface area contributed by atoms with Gasteiger partial charge in [0.1, 0.15) is 10.5 Å². The molecular formula is C64H108O20Si9. The van der Waals surface area contributed by atoms with Crippen molar-refractivity contribution < 1.29 is 87.3 Å². The average Bonchev–Trinajstić information content (AvgIpc) is 1.45. The zero-order valence-electron chi connectivity index (χ0n) is 55.4. The van der Waals surface area contributed by atoms with Gasteiger partial charge in [-0.3, -0.25) is 0 Å². The highest BCUT2D eigenvalue weighted by Gasteiger charge is 2.79. The van der Waals surface area contributed by atoms with Crippen LogP contribution in [0.5, 0.6) is 0 Å². The summed E-state index contributed by atoms with van der Waals surface area (Å²) in [7, 11) is -31.6. The molecule has 12 heterocycles.